The number of carboxylic acid groups (broad SMARTS) is 1. The van der Waals surface area contributed by atoms with Crippen molar-refractivity contribution < 1.29 is 19.4 Å². The van der Waals surface area contributed by atoms with Crippen molar-refractivity contribution in [2.45, 2.75) is 213 Å². The summed E-state index contributed by atoms with van der Waals surface area (Å²) in [6.07, 6.45) is 47.4. The van der Waals surface area contributed by atoms with E-state index in [2.05, 4.69) is 50.3 Å². The van der Waals surface area contributed by atoms with Crippen molar-refractivity contribution in [2.75, 3.05) is 0 Å². The van der Waals surface area contributed by atoms with E-state index in [0.717, 1.165) is 57.8 Å². The largest absolute Gasteiger partial charge is 0.481 e. The highest BCUT2D eigenvalue weighted by atomic mass is 16.5. The summed E-state index contributed by atoms with van der Waals surface area (Å²) in [5.74, 6) is -0.787. The first-order valence-electron chi connectivity index (χ1n) is 19.5. The third-order valence-electron chi connectivity index (χ3n) is 8.57. The number of unbranched alkanes of at least 4 members (excludes halogenated alkanes) is 22. The highest BCUT2D eigenvalue weighted by Gasteiger charge is 2.11. The van der Waals surface area contributed by atoms with Crippen molar-refractivity contribution in [2.24, 2.45) is 0 Å². The number of hydrogen-bond donors (Lipinski definition) is 1. The maximum absolute atomic E-state index is 12.6. The molecule has 0 spiro atoms. The molecule has 4 nitrogen and oxygen atoms in total. The van der Waals surface area contributed by atoms with E-state index in [0.29, 0.717) is 6.42 Å². The lowest BCUT2D eigenvalue weighted by Gasteiger charge is -2.15. The van der Waals surface area contributed by atoms with Crippen LogP contribution in [0.3, 0.4) is 0 Å². The van der Waals surface area contributed by atoms with Crippen LogP contribution < -0.4 is 0 Å². The van der Waals surface area contributed by atoms with Crippen LogP contribution in [0.25, 0.3) is 0 Å². The Kier molecular flexibility index (Phi) is 35.1. The lowest BCUT2D eigenvalue weighted by Crippen LogP contribution is -2.16. The van der Waals surface area contributed by atoms with Crippen LogP contribution in [0, 0.1) is 0 Å². The SMILES string of the molecule is CCCCC/C=C\C/C=C\CCCCCCCCCCCC(=O)OC(/C=C\CCCCCCCCC)CCCCCCC(=O)O. The Bertz CT molecular complexity index is 723. The Morgan fingerprint density at radius 2 is 0.933 bits per heavy atom. The van der Waals surface area contributed by atoms with Crippen molar-refractivity contribution >= 4 is 11.9 Å². The number of rotatable bonds is 35. The van der Waals surface area contributed by atoms with Crippen LogP contribution in [-0.2, 0) is 14.3 Å². The smallest absolute Gasteiger partial charge is 0.306 e. The van der Waals surface area contributed by atoms with E-state index < -0.39 is 5.97 Å². The maximum atomic E-state index is 12.6. The normalized spacial score (nSPS) is 12.6. The highest BCUT2D eigenvalue weighted by Crippen LogP contribution is 2.16. The molecule has 0 aromatic heterocycles. The molecule has 0 saturated heterocycles. The van der Waals surface area contributed by atoms with E-state index in [1.807, 2.05) is 0 Å². The molecule has 1 unspecified atom stereocenters. The molecular weight excluding hydrogens is 556 g/mol. The second-order valence-electron chi connectivity index (χ2n) is 13.1. The highest BCUT2D eigenvalue weighted by molar-refractivity contribution is 5.69. The molecule has 0 aliphatic heterocycles. The van der Waals surface area contributed by atoms with E-state index in [1.165, 1.54) is 122 Å². The Morgan fingerprint density at radius 1 is 0.511 bits per heavy atom. The van der Waals surface area contributed by atoms with Gasteiger partial charge in [0.25, 0.3) is 0 Å². The average molecular weight is 631 g/mol. The number of hydrogen-bond acceptors (Lipinski definition) is 3. The van der Waals surface area contributed by atoms with E-state index in [9.17, 15) is 9.59 Å². The molecular formula is C41H74O4. The van der Waals surface area contributed by atoms with Gasteiger partial charge < -0.3 is 9.84 Å². The van der Waals surface area contributed by atoms with E-state index >= 15 is 0 Å². The Balaban J connectivity index is 3.95. The van der Waals surface area contributed by atoms with Crippen LogP contribution >= 0.6 is 0 Å². The standard InChI is InChI=1S/C41H74O4/c1-3-5-7-9-11-13-14-15-16-17-18-19-20-21-22-24-26-28-34-38-41(44)45-39(36-32-29-30-33-37-40(42)43)35-31-27-25-23-12-10-8-6-4-2/h11,13,15-16,31,35,39H,3-10,12,14,17-30,32-34,36-38H2,1-2H3,(H,42,43)/b13-11-,16-15-,35-31-. The van der Waals surface area contributed by atoms with Gasteiger partial charge in [-0.2, -0.15) is 0 Å². The molecule has 262 valence electrons. The van der Waals surface area contributed by atoms with Crippen LogP contribution in [0.15, 0.2) is 36.5 Å². The zero-order valence-electron chi connectivity index (χ0n) is 29.9. The number of carboxylic acids is 1. The summed E-state index contributed by atoms with van der Waals surface area (Å²) in [5.41, 5.74) is 0. The monoisotopic (exact) mass is 631 g/mol. The third-order valence-corrected chi connectivity index (χ3v) is 8.57. The molecule has 0 saturated carbocycles. The minimum Gasteiger partial charge on any atom is -0.481 e. The molecule has 1 atom stereocenters. The van der Waals surface area contributed by atoms with Crippen LogP contribution in [-0.4, -0.2) is 23.1 Å². The van der Waals surface area contributed by atoms with E-state index in [-0.39, 0.29) is 18.5 Å². The summed E-state index contributed by atoms with van der Waals surface area (Å²) in [6.45, 7) is 4.51. The number of allylic oxidation sites excluding steroid dienone is 5. The fourth-order valence-electron chi connectivity index (χ4n) is 5.65. The molecule has 0 aromatic carbocycles. The first-order valence-corrected chi connectivity index (χ1v) is 19.5. The minimum absolute atomic E-state index is 0.0662. The molecule has 0 heterocycles. The summed E-state index contributed by atoms with van der Waals surface area (Å²) < 4.78 is 5.88. The fourth-order valence-corrected chi connectivity index (χ4v) is 5.65. The lowest BCUT2D eigenvalue weighted by atomic mass is 10.1. The summed E-state index contributed by atoms with van der Waals surface area (Å²) in [6, 6.07) is 0. The predicted octanol–water partition coefficient (Wildman–Crippen LogP) is 13.4. The second kappa shape index (κ2) is 36.6. The molecule has 4 heteroatoms. The summed E-state index contributed by atoms with van der Waals surface area (Å²) in [7, 11) is 0. The van der Waals surface area contributed by atoms with Gasteiger partial charge in [-0.1, -0.05) is 153 Å². The zero-order valence-corrected chi connectivity index (χ0v) is 29.9. The van der Waals surface area contributed by atoms with Gasteiger partial charge >= 0.3 is 11.9 Å². The summed E-state index contributed by atoms with van der Waals surface area (Å²) >= 11 is 0. The fraction of sp³-hybridized carbons (Fsp3) is 0.805. The van der Waals surface area contributed by atoms with Gasteiger partial charge in [-0.25, -0.2) is 0 Å². The van der Waals surface area contributed by atoms with E-state index in [1.54, 1.807) is 0 Å². The summed E-state index contributed by atoms with van der Waals surface area (Å²) in [4.78, 5) is 23.3. The first kappa shape index (κ1) is 43.2. The van der Waals surface area contributed by atoms with Crippen LogP contribution in [0.4, 0.5) is 0 Å². The Labute approximate surface area is 279 Å². The molecule has 0 rings (SSSR count). The minimum atomic E-state index is -0.721. The number of ether oxygens (including phenoxy) is 1. The molecule has 0 radical (unpaired) electrons. The molecule has 0 bridgehead atoms. The van der Waals surface area contributed by atoms with Gasteiger partial charge in [0.05, 0.1) is 0 Å². The van der Waals surface area contributed by atoms with Gasteiger partial charge in [0.1, 0.15) is 6.10 Å². The van der Waals surface area contributed by atoms with Crippen molar-refractivity contribution in [3.63, 3.8) is 0 Å². The zero-order chi connectivity index (χ0) is 32.9. The second-order valence-corrected chi connectivity index (χ2v) is 13.1. The molecule has 0 fully saturated rings. The van der Waals surface area contributed by atoms with Gasteiger partial charge in [-0.15, -0.1) is 0 Å². The topological polar surface area (TPSA) is 63.6 Å². The van der Waals surface area contributed by atoms with Crippen LogP contribution in [0.2, 0.25) is 0 Å². The Hall–Kier alpha value is -1.84. The third kappa shape index (κ3) is 36.5. The molecule has 1 N–H and O–H groups in total. The van der Waals surface area contributed by atoms with Gasteiger partial charge in [0.15, 0.2) is 0 Å². The van der Waals surface area contributed by atoms with Gasteiger partial charge in [0, 0.05) is 12.8 Å². The molecule has 0 aliphatic rings. The quantitative estimate of drug-likeness (QED) is 0.0430. The number of esters is 1. The molecule has 0 amide bonds. The predicted molar refractivity (Wildman–Crippen MR) is 195 cm³/mol. The van der Waals surface area contributed by atoms with Crippen molar-refractivity contribution in [3.8, 4) is 0 Å². The van der Waals surface area contributed by atoms with Crippen molar-refractivity contribution in [3.05, 3.63) is 36.5 Å². The lowest BCUT2D eigenvalue weighted by molar-refractivity contribution is -0.147. The van der Waals surface area contributed by atoms with Gasteiger partial charge in [-0.05, 0) is 76.7 Å². The van der Waals surface area contributed by atoms with Gasteiger partial charge in [-0.3, -0.25) is 9.59 Å². The van der Waals surface area contributed by atoms with Crippen molar-refractivity contribution in [1.82, 2.24) is 0 Å². The number of carbonyl (C=O) groups is 2. The molecule has 45 heavy (non-hydrogen) atoms. The van der Waals surface area contributed by atoms with Crippen LogP contribution in [0.5, 0.6) is 0 Å². The van der Waals surface area contributed by atoms with Crippen molar-refractivity contribution in [1.29, 1.82) is 0 Å². The molecule has 0 aromatic rings. The average Bonchev–Trinajstić information content (AvgIpc) is 3.02. The summed E-state index contributed by atoms with van der Waals surface area (Å²) in [5, 5.41) is 8.82. The van der Waals surface area contributed by atoms with Crippen LogP contribution in [0.1, 0.15) is 206 Å². The molecule has 0 aliphatic carbocycles. The number of aliphatic carboxylic acids is 1. The first-order chi connectivity index (χ1) is 22.1. The Morgan fingerprint density at radius 3 is 1.49 bits per heavy atom. The van der Waals surface area contributed by atoms with E-state index in [4.69, 9.17) is 9.84 Å². The van der Waals surface area contributed by atoms with Gasteiger partial charge in [0.2, 0.25) is 0 Å². The maximum Gasteiger partial charge on any atom is 0.306 e. The number of carbonyl (C=O) groups excluding carboxylic acids is 1.